The van der Waals surface area contributed by atoms with Gasteiger partial charge in [0.25, 0.3) is 5.78 Å². The molecule has 5 nitrogen and oxygen atoms in total. The van der Waals surface area contributed by atoms with E-state index in [-0.39, 0.29) is 18.1 Å². The van der Waals surface area contributed by atoms with Gasteiger partial charge in [0.1, 0.15) is 5.75 Å². The zero-order valence-corrected chi connectivity index (χ0v) is 22.3. The number of aliphatic hydroxyl groups is 2. The van der Waals surface area contributed by atoms with Crippen LogP contribution in [0.1, 0.15) is 83.8 Å². The van der Waals surface area contributed by atoms with Crippen molar-refractivity contribution >= 4 is 11.8 Å². The molecule has 0 saturated heterocycles. The minimum atomic E-state index is -0.838. The van der Waals surface area contributed by atoms with Gasteiger partial charge in [0.05, 0.1) is 12.2 Å². The van der Waals surface area contributed by atoms with Gasteiger partial charge in [-0.05, 0) is 84.1 Å². The number of carbonyl (C=O) groups excluding carboxylic acids is 2. The summed E-state index contributed by atoms with van der Waals surface area (Å²) in [5.41, 5.74) is 5.88. The van der Waals surface area contributed by atoms with E-state index in [2.05, 4.69) is 6.92 Å². The largest absolute Gasteiger partial charge is 0.420 e. The first-order valence-electron chi connectivity index (χ1n) is 12.1. The fraction of sp³-hybridized carbons (Fsp3) is 0.517. The Kier molecular flexibility index (Phi) is 11.6. The third-order valence-corrected chi connectivity index (χ3v) is 6.02. The lowest BCUT2D eigenvalue weighted by molar-refractivity contribution is -0.129. The van der Waals surface area contributed by atoms with E-state index in [1.165, 1.54) is 0 Å². The molecule has 2 unspecified atom stereocenters. The number of ether oxygens (including phenoxy) is 1. The fourth-order valence-electron chi connectivity index (χ4n) is 4.43. The maximum absolute atomic E-state index is 12.5. The Morgan fingerprint density at radius 3 is 1.59 bits per heavy atom. The summed E-state index contributed by atoms with van der Waals surface area (Å²) in [7, 11) is 0. The number of rotatable bonds is 8. The van der Waals surface area contributed by atoms with Crippen LogP contribution in [0, 0.1) is 47.5 Å². The summed E-state index contributed by atoms with van der Waals surface area (Å²) in [4.78, 5) is 24.8. The summed E-state index contributed by atoms with van der Waals surface area (Å²) in [6.07, 6.45) is 2.35. The number of carbonyl (C=O) groups is 2. The number of benzene rings is 2. The van der Waals surface area contributed by atoms with Crippen LogP contribution in [0.5, 0.6) is 5.75 Å². The van der Waals surface area contributed by atoms with E-state index in [0.717, 1.165) is 52.6 Å². The number of aryl methyl sites for hydroxylation is 6. The van der Waals surface area contributed by atoms with Crippen LogP contribution in [0.25, 0.3) is 0 Å². The van der Waals surface area contributed by atoms with Crippen molar-refractivity contribution in [2.45, 2.75) is 93.8 Å². The van der Waals surface area contributed by atoms with Gasteiger partial charge in [0.2, 0.25) is 0 Å². The summed E-state index contributed by atoms with van der Waals surface area (Å²) in [6, 6.07) is 7.66. The first-order chi connectivity index (χ1) is 15.8. The topological polar surface area (TPSA) is 83.8 Å². The Hall–Kier alpha value is -2.50. The van der Waals surface area contributed by atoms with Crippen LogP contribution in [-0.2, 0) is 4.79 Å². The highest BCUT2D eigenvalue weighted by Crippen LogP contribution is 2.26. The summed E-state index contributed by atoms with van der Waals surface area (Å²) >= 11 is 0. The molecule has 0 aliphatic carbocycles. The van der Waals surface area contributed by atoms with Gasteiger partial charge in [-0.2, -0.15) is 0 Å². The van der Waals surface area contributed by atoms with Crippen LogP contribution in [0.2, 0.25) is 0 Å². The monoisotopic (exact) mass is 470 g/mol. The molecule has 5 heteroatoms. The molecule has 2 N–H and O–H groups in total. The Morgan fingerprint density at radius 1 is 0.794 bits per heavy atom. The van der Waals surface area contributed by atoms with Crippen LogP contribution in [-0.4, -0.2) is 34.2 Å². The second-order valence-corrected chi connectivity index (χ2v) is 9.51. The second kappa shape index (κ2) is 13.4. The van der Waals surface area contributed by atoms with Crippen molar-refractivity contribution < 1.29 is 24.5 Å². The quantitative estimate of drug-likeness (QED) is 0.218. The molecule has 0 aliphatic heterocycles. The van der Waals surface area contributed by atoms with E-state index >= 15 is 0 Å². The van der Waals surface area contributed by atoms with Gasteiger partial charge in [0, 0.05) is 11.5 Å². The molecule has 0 saturated carbocycles. The van der Waals surface area contributed by atoms with Gasteiger partial charge in [0.15, 0.2) is 0 Å². The van der Waals surface area contributed by atoms with Crippen molar-refractivity contribution in [1.29, 1.82) is 0 Å². The van der Waals surface area contributed by atoms with E-state index in [9.17, 15) is 19.8 Å². The highest BCUT2D eigenvalue weighted by Gasteiger charge is 2.24. The molecule has 0 aromatic heterocycles. The molecule has 2 aromatic carbocycles. The number of unbranched alkanes of at least 4 members (excludes halogenated alkanes) is 1. The van der Waals surface area contributed by atoms with Gasteiger partial charge < -0.3 is 14.9 Å². The third-order valence-electron chi connectivity index (χ3n) is 6.02. The van der Waals surface area contributed by atoms with Gasteiger partial charge >= 0.3 is 5.97 Å². The number of aliphatic hydroxyl groups excluding tert-OH is 2. The number of hydrogen-bond donors (Lipinski definition) is 2. The van der Waals surface area contributed by atoms with Crippen molar-refractivity contribution in [2.24, 2.45) is 5.92 Å². The number of Topliss-reactive ketones (excluding diaryl/α,β-unsaturated/α-hetero) is 1. The summed E-state index contributed by atoms with van der Waals surface area (Å²) in [5, 5.41) is 18.5. The summed E-state index contributed by atoms with van der Waals surface area (Å²) < 4.78 is 5.40. The molecule has 2 aromatic rings. The Balaban J connectivity index is 0.000000445. The van der Waals surface area contributed by atoms with E-state index in [0.29, 0.717) is 11.3 Å². The van der Waals surface area contributed by atoms with Crippen LogP contribution >= 0.6 is 0 Å². The highest BCUT2D eigenvalue weighted by molar-refractivity contribution is 6.41. The lowest BCUT2D eigenvalue weighted by Gasteiger charge is -2.22. The standard InChI is InChI=1S/C20H22O3.C9H20O2/c1-11-7-13(3)17(14(4)8-11)18(21)20(22)23-19-15(5)9-12(2)10-16(19)6;1-4-5-6-9(7(2)10)8(3)11/h7-10H,1-6H3;7-11H,4-6H2,1-3H3. The molecule has 0 heterocycles. The van der Waals surface area contributed by atoms with Crippen LogP contribution < -0.4 is 4.74 Å². The Morgan fingerprint density at radius 2 is 1.21 bits per heavy atom. The molecule has 0 spiro atoms. The number of hydrogen-bond acceptors (Lipinski definition) is 5. The van der Waals surface area contributed by atoms with Gasteiger partial charge in [-0.25, -0.2) is 4.79 Å². The van der Waals surface area contributed by atoms with Crippen molar-refractivity contribution in [3.05, 3.63) is 63.2 Å². The smallest absolute Gasteiger partial charge is 0.385 e. The van der Waals surface area contributed by atoms with E-state index in [1.807, 2.05) is 65.8 Å². The van der Waals surface area contributed by atoms with Gasteiger partial charge in [-0.15, -0.1) is 0 Å². The average molecular weight is 471 g/mol. The van der Waals surface area contributed by atoms with Crippen molar-refractivity contribution in [1.82, 2.24) is 0 Å². The Bertz CT molecular complexity index is 934. The normalized spacial score (nSPS) is 13.4. The number of esters is 1. The maximum atomic E-state index is 12.5. The van der Waals surface area contributed by atoms with Crippen molar-refractivity contribution in [3.63, 3.8) is 0 Å². The third kappa shape index (κ3) is 8.37. The van der Waals surface area contributed by atoms with Gasteiger partial charge in [-0.3, -0.25) is 4.79 Å². The predicted octanol–water partition coefficient (Wildman–Crippen LogP) is 5.88. The first kappa shape index (κ1) is 29.5. The van der Waals surface area contributed by atoms with Crippen LogP contribution in [0.15, 0.2) is 24.3 Å². The summed E-state index contributed by atoms with van der Waals surface area (Å²) in [6.45, 7) is 17.0. The zero-order valence-electron chi connectivity index (χ0n) is 22.3. The lowest BCUT2D eigenvalue weighted by Crippen LogP contribution is -2.27. The molecule has 0 bridgehead atoms. The minimum absolute atomic E-state index is 0.0509. The maximum Gasteiger partial charge on any atom is 0.385 e. The number of ketones is 1. The predicted molar refractivity (Wildman–Crippen MR) is 138 cm³/mol. The SMILES string of the molecule is CCCCC(C(C)O)C(C)O.Cc1cc(C)c(OC(=O)C(=O)c2c(C)cc(C)cc2C)c(C)c1. The molecule has 0 fully saturated rings. The molecule has 34 heavy (non-hydrogen) atoms. The molecule has 2 atom stereocenters. The van der Waals surface area contributed by atoms with Crippen molar-refractivity contribution in [3.8, 4) is 5.75 Å². The lowest BCUT2D eigenvalue weighted by atomic mass is 9.92. The Labute approximate surface area is 205 Å². The van der Waals surface area contributed by atoms with E-state index < -0.39 is 11.8 Å². The minimum Gasteiger partial charge on any atom is -0.420 e. The van der Waals surface area contributed by atoms with E-state index in [4.69, 9.17) is 4.74 Å². The molecule has 0 amide bonds. The first-order valence-corrected chi connectivity index (χ1v) is 12.1. The molecular weight excluding hydrogens is 428 g/mol. The molecular formula is C29H42O5. The fourth-order valence-corrected chi connectivity index (χ4v) is 4.43. The zero-order chi connectivity index (χ0) is 26.2. The second-order valence-electron chi connectivity index (χ2n) is 9.51. The van der Waals surface area contributed by atoms with Crippen LogP contribution in [0.3, 0.4) is 0 Å². The average Bonchev–Trinajstić information content (AvgIpc) is 2.69. The molecule has 2 rings (SSSR count). The molecule has 0 aliphatic rings. The highest BCUT2D eigenvalue weighted by atomic mass is 16.5. The van der Waals surface area contributed by atoms with E-state index in [1.54, 1.807) is 13.8 Å². The molecule has 188 valence electrons. The van der Waals surface area contributed by atoms with Crippen molar-refractivity contribution in [2.75, 3.05) is 0 Å². The van der Waals surface area contributed by atoms with Gasteiger partial charge in [-0.1, -0.05) is 55.2 Å². The molecule has 0 radical (unpaired) electrons. The van der Waals surface area contributed by atoms with Crippen LogP contribution in [0.4, 0.5) is 0 Å². The summed E-state index contributed by atoms with van der Waals surface area (Å²) in [5.74, 6) is -0.916.